The lowest BCUT2D eigenvalue weighted by Gasteiger charge is -2.26. The molecule has 0 aromatic heterocycles. The minimum Gasteiger partial charge on any atom is -0.382 e. The lowest BCUT2D eigenvalue weighted by Crippen LogP contribution is -2.37. The van der Waals surface area contributed by atoms with Crippen LogP contribution in [0, 0.1) is 5.92 Å². The van der Waals surface area contributed by atoms with Crippen molar-refractivity contribution >= 4 is 5.91 Å². The minimum absolute atomic E-state index is 0.0553. The summed E-state index contributed by atoms with van der Waals surface area (Å²) in [4.78, 5) is 11.4. The number of ether oxygens (including phenoxy) is 2. The first-order valence-electron chi connectivity index (χ1n) is 6.31. The topological polar surface area (TPSA) is 73.6 Å². The number of methoxy groups -OCH3 is 1. The van der Waals surface area contributed by atoms with Crippen molar-refractivity contribution < 1.29 is 14.3 Å². The Labute approximate surface area is 103 Å². The Morgan fingerprint density at radius 2 is 2.24 bits per heavy atom. The van der Waals surface area contributed by atoms with E-state index in [-0.39, 0.29) is 12.5 Å². The Bertz CT molecular complexity index is 224. The second-order valence-electron chi connectivity index (χ2n) is 4.64. The van der Waals surface area contributed by atoms with E-state index in [4.69, 9.17) is 15.2 Å². The number of nitrogens with two attached hydrogens (primary N) is 1. The molecule has 5 heteroatoms. The van der Waals surface area contributed by atoms with E-state index in [0.717, 1.165) is 19.4 Å². The Kier molecular flexibility index (Phi) is 7.16. The maximum absolute atomic E-state index is 11.4. The van der Waals surface area contributed by atoms with Gasteiger partial charge in [-0.15, -0.1) is 0 Å². The van der Waals surface area contributed by atoms with Gasteiger partial charge in [0, 0.05) is 19.7 Å². The van der Waals surface area contributed by atoms with Crippen LogP contribution in [0.4, 0.5) is 0 Å². The largest absolute Gasteiger partial charge is 0.382 e. The van der Waals surface area contributed by atoms with Gasteiger partial charge in [-0.1, -0.05) is 6.42 Å². The molecule has 0 bridgehead atoms. The lowest BCUT2D eigenvalue weighted by atomic mass is 9.86. The van der Waals surface area contributed by atoms with Crippen molar-refractivity contribution in [3.8, 4) is 0 Å². The third-order valence-electron chi connectivity index (χ3n) is 3.08. The summed E-state index contributed by atoms with van der Waals surface area (Å²) in [6.45, 7) is 1.81. The number of hydrogen-bond donors (Lipinski definition) is 2. The molecule has 0 heterocycles. The number of rotatable bonds is 7. The first-order chi connectivity index (χ1) is 8.22. The second-order valence-corrected chi connectivity index (χ2v) is 4.64. The molecule has 0 aromatic rings. The molecule has 17 heavy (non-hydrogen) atoms. The van der Waals surface area contributed by atoms with Crippen LogP contribution >= 0.6 is 0 Å². The summed E-state index contributed by atoms with van der Waals surface area (Å²) in [7, 11) is 1.61. The van der Waals surface area contributed by atoms with Crippen LogP contribution in [-0.4, -0.2) is 45.4 Å². The van der Waals surface area contributed by atoms with Gasteiger partial charge in [-0.2, -0.15) is 0 Å². The SMILES string of the molecule is COCCOCC(=O)NCC1CCCC(N)C1. The molecule has 2 atom stereocenters. The third kappa shape index (κ3) is 6.61. The quantitative estimate of drug-likeness (QED) is 0.631. The van der Waals surface area contributed by atoms with E-state index in [0.29, 0.717) is 25.2 Å². The third-order valence-corrected chi connectivity index (χ3v) is 3.08. The van der Waals surface area contributed by atoms with E-state index in [1.165, 1.54) is 12.8 Å². The Balaban J connectivity index is 2.02. The highest BCUT2D eigenvalue weighted by Gasteiger charge is 2.19. The van der Waals surface area contributed by atoms with Gasteiger partial charge in [0.05, 0.1) is 13.2 Å². The van der Waals surface area contributed by atoms with Crippen LogP contribution in [0.5, 0.6) is 0 Å². The lowest BCUT2D eigenvalue weighted by molar-refractivity contribution is -0.126. The summed E-state index contributed by atoms with van der Waals surface area (Å²) in [6, 6.07) is 0.309. The van der Waals surface area contributed by atoms with Gasteiger partial charge in [-0.05, 0) is 25.2 Å². The zero-order valence-electron chi connectivity index (χ0n) is 10.6. The van der Waals surface area contributed by atoms with Crippen molar-refractivity contribution in [3.05, 3.63) is 0 Å². The average Bonchev–Trinajstić information content (AvgIpc) is 2.32. The maximum atomic E-state index is 11.4. The van der Waals surface area contributed by atoms with Crippen LogP contribution in [0.3, 0.4) is 0 Å². The first kappa shape index (κ1) is 14.4. The monoisotopic (exact) mass is 244 g/mol. The summed E-state index contributed by atoms with van der Waals surface area (Å²) < 4.78 is 9.96. The maximum Gasteiger partial charge on any atom is 0.246 e. The minimum atomic E-state index is -0.0553. The Morgan fingerprint density at radius 3 is 2.94 bits per heavy atom. The van der Waals surface area contributed by atoms with Crippen LogP contribution in [0.15, 0.2) is 0 Å². The zero-order valence-corrected chi connectivity index (χ0v) is 10.6. The van der Waals surface area contributed by atoms with Gasteiger partial charge in [0.15, 0.2) is 0 Å². The fourth-order valence-corrected chi connectivity index (χ4v) is 2.13. The average molecular weight is 244 g/mol. The standard InChI is InChI=1S/C12H24N2O3/c1-16-5-6-17-9-12(15)14-8-10-3-2-4-11(13)7-10/h10-11H,2-9,13H2,1H3,(H,14,15). The molecule has 1 aliphatic rings. The van der Waals surface area contributed by atoms with Crippen LogP contribution < -0.4 is 11.1 Å². The molecule has 5 nitrogen and oxygen atoms in total. The number of nitrogens with one attached hydrogen (secondary N) is 1. The summed E-state index contributed by atoms with van der Waals surface area (Å²) in [5.41, 5.74) is 5.89. The fraction of sp³-hybridized carbons (Fsp3) is 0.917. The molecule has 2 unspecified atom stereocenters. The van der Waals surface area contributed by atoms with Crippen molar-refractivity contribution in [3.63, 3.8) is 0 Å². The molecular weight excluding hydrogens is 220 g/mol. The van der Waals surface area contributed by atoms with Crippen molar-refractivity contribution in [1.82, 2.24) is 5.32 Å². The smallest absolute Gasteiger partial charge is 0.246 e. The van der Waals surface area contributed by atoms with Crippen LogP contribution in [0.25, 0.3) is 0 Å². The molecular formula is C12H24N2O3. The molecule has 0 spiro atoms. The molecule has 0 saturated heterocycles. The van der Waals surface area contributed by atoms with Crippen molar-refractivity contribution in [2.24, 2.45) is 11.7 Å². The van der Waals surface area contributed by atoms with E-state index in [9.17, 15) is 4.79 Å². The summed E-state index contributed by atoms with van der Waals surface area (Å²) >= 11 is 0. The molecule has 0 aliphatic heterocycles. The molecule has 0 aromatic carbocycles. The predicted molar refractivity (Wildman–Crippen MR) is 65.6 cm³/mol. The first-order valence-corrected chi connectivity index (χ1v) is 6.31. The van der Waals surface area contributed by atoms with Gasteiger partial charge in [0.1, 0.15) is 6.61 Å². The molecule has 1 aliphatic carbocycles. The molecule has 1 fully saturated rings. The molecule has 100 valence electrons. The molecule has 3 N–H and O–H groups in total. The zero-order chi connectivity index (χ0) is 12.5. The van der Waals surface area contributed by atoms with E-state index in [1.807, 2.05) is 0 Å². The van der Waals surface area contributed by atoms with Crippen molar-refractivity contribution in [1.29, 1.82) is 0 Å². The molecule has 1 saturated carbocycles. The van der Waals surface area contributed by atoms with Gasteiger partial charge in [-0.25, -0.2) is 0 Å². The highest BCUT2D eigenvalue weighted by atomic mass is 16.5. The van der Waals surface area contributed by atoms with Gasteiger partial charge >= 0.3 is 0 Å². The number of hydrogen-bond acceptors (Lipinski definition) is 4. The van der Waals surface area contributed by atoms with Gasteiger partial charge in [0.25, 0.3) is 0 Å². The van der Waals surface area contributed by atoms with Gasteiger partial charge in [0.2, 0.25) is 5.91 Å². The highest BCUT2D eigenvalue weighted by Crippen LogP contribution is 2.22. The van der Waals surface area contributed by atoms with Crippen molar-refractivity contribution in [2.75, 3.05) is 33.5 Å². The fourth-order valence-electron chi connectivity index (χ4n) is 2.13. The number of amides is 1. The number of carbonyl (C=O) groups is 1. The van der Waals surface area contributed by atoms with E-state index < -0.39 is 0 Å². The van der Waals surface area contributed by atoms with E-state index in [1.54, 1.807) is 7.11 Å². The van der Waals surface area contributed by atoms with E-state index in [2.05, 4.69) is 5.32 Å². The molecule has 0 radical (unpaired) electrons. The van der Waals surface area contributed by atoms with Crippen LogP contribution in [0.2, 0.25) is 0 Å². The summed E-state index contributed by atoms with van der Waals surface area (Å²) in [6.07, 6.45) is 4.47. The predicted octanol–water partition coefficient (Wildman–Crippen LogP) is 0.283. The van der Waals surface area contributed by atoms with Crippen LogP contribution in [-0.2, 0) is 14.3 Å². The van der Waals surface area contributed by atoms with Gasteiger partial charge < -0.3 is 20.5 Å². The Morgan fingerprint density at radius 1 is 1.41 bits per heavy atom. The van der Waals surface area contributed by atoms with Gasteiger partial charge in [-0.3, -0.25) is 4.79 Å². The van der Waals surface area contributed by atoms with Crippen LogP contribution in [0.1, 0.15) is 25.7 Å². The Hall–Kier alpha value is -0.650. The van der Waals surface area contributed by atoms with E-state index >= 15 is 0 Å². The normalized spacial score (nSPS) is 24.6. The summed E-state index contributed by atoms with van der Waals surface area (Å²) in [5, 5.41) is 2.89. The molecule has 1 rings (SSSR count). The second kappa shape index (κ2) is 8.44. The highest BCUT2D eigenvalue weighted by molar-refractivity contribution is 5.77. The number of carbonyl (C=O) groups excluding carboxylic acids is 1. The molecule has 1 amide bonds. The van der Waals surface area contributed by atoms with Crippen molar-refractivity contribution in [2.45, 2.75) is 31.7 Å². The summed E-state index contributed by atoms with van der Waals surface area (Å²) in [5.74, 6) is 0.474.